The lowest BCUT2D eigenvalue weighted by molar-refractivity contribution is -0.117. The Morgan fingerprint density at radius 1 is 0.909 bits per heavy atom. The number of amides is 2. The zero-order valence-corrected chi connectivity index (χ0v) is 13.6. The number of hydrogen-bond donors (Lipinski definition) is 2. The molecule has 2 aromatic carbocycles. The van der Waals surface area contributed by atoms with E-state index in [4.69, 9.17) is 0 Å². The number of allylic oxidation sites excluding steroid dienone is 1. The number of nitrogens with one attached hydrogen (secondary N) is 2. The molecule has 0 radical (unpaired) electrons. The standard InChI is InChI=1S/C17H15BrN2O2/c1-12(13-5-3-2-4-6-13)11-16(21)19-20-17(22)14-7-9-15(18)10-8-14/h2-11H,1H3,(H,19,21)(H,20,22)/b12-11-. The van der Waals surface area contributed by atoms with Gasteiger partial charge in [-0.15, -0.1) is 0 Å². The first-order valence-corrected chi connectivity index (χ1v) is 7.45. The Morgan fingerprint density at radius 2 is 1.55 bits per heavy atom. The first-order valence-electron chi connectivity index (χ1n) is 6.66. The Kier molecular flexibility index (Phi) is 5.49. The summed E-state index contributed by atoms with van der Waals surface area (Å²) >= 11 is 3.30. The SMILES string of the molecule is C/C(=C/C(=O)NNC(=O)c1ccc(Br)cc1)c1ccccc1. The maximum Gasteiger partial charge on any atom is 0.269 e. The summed E-state index contributed by atoms with van der Waals surface area (Å²) < 4.78 is 0.884. The number of carbonyl (C=O) groups excluding carboxylic acids is 2. The van der Waals surface area contributed by atoms with Gasteiger partial charge in [0.2, 0.25) is 0 Å². The van der Waals surface area contributed by atoms with Crippen molar-refractivity contribution in [1.29, 1.82) is 0 Å². The second-order valence-corrected chi connectivity index (χ2v) is 5.56. The van der Waals surface area contributed by atoms with Crippen LogP contribution in [-0.2, 0) is 4.79 Å². The molecule has 5 heteroatoms. The van der Waals surface area contributed by atoms with Crippen LogP contribution in [0.25, 0.3) is 5.57 Å². The van der Waals surface area contributed by atoms with E-state index in [1.165, 1.54) is 6.08 Å². The van der Waals surface area contributed by atoms with Crippen LogP contribution in [0.4, 0.5) is 0 Å². The molecule has 0 aliphatic rings. The van der Waals surface area contributed by atoms with Crippen LogP contribution < -0.4 is 10.9 Å². The van der Waals surface area contributed by atoms with Crippen molar-refractivity contribution in [3.05, 3.63) is 76.3 Å². The average Bonchev–Trinajstić information content (AvgIpc) is 2.54. The predicted octanol–water partition coefficient (Wildman–Crippen LogP) is 3.31. The first kappa shape index (κ1) is 16.0. The molecule has 0 saturated heterocycles. The summed E-state index contributed by atoms with van der Waals surface area (Å²) in [6.07, 6.45) is 1.44. The molecule has 0 heterocycles. The summed E-state index contributed by atoms with van der Waals surface area (Å²) in [6, 6.07) is 16.4. The van der Waals surface area contributed by atoms with E-state index >= 15 is 0 Å². The molecule has 112 valence electrons. The van der Waals surface area contributed by atoms with Crippen LogP contribution in [0, 0.1) is 0 Å². The fourth-order valence-electron chi connectivity index (χ4n) is 1.81. The number of hydrazine groups is 1. The van der Waals surface area contributed by atoms with Crippen molar-refractivity contribution in [3.63, 3.8) is 0 Å². The average molecular weight is 359 g/mol. The molecule has 0 spiro atoms. The van der Waals surface area contributed by atoms with Gasteiger partial charge in [-0.05, 0) is 42.3 Å². The summed E-state index contributed by atoms with van der Waals surface area (Å²) in [5.41, 5.74) is 6.98. The third kappa shape index (κ3) is 4.56. The van der Waals surface area contributed by atoms with Crippen LogP contribution in [0.5, 0.6) is 0 Å². The highest BCUT2D eigenvalue weighted by molar-refractivity contribution is 9.10. The zero-order valence-electron chi connectivity index (χ0n) is 12.0. The third-order valence-electron chi connectivity index (χ3n) is 2.98. The molecule has 0 saturated carbocycles. The quantitative estimate of drug-likeness (QED) is 0.653. The Bertz CT molecular complexity index is 694. The monoisotopic (exact) mass is 358 g/mol. The van der Waals surface area contributed by atoms with Gasteiger partial charge in [0.1, 0.15) is 0 Å². The number of hydrogen-bond acceptors (Lipinski definition) is 2. The maximum absolute atomic E-state index is 11.9. The smallest absolute Gasteiger partial charge is 0.268 e. The van der Waals surface area contributed by atoms with Crippen molar-refractivity contribution < 1.29 is 9.59 Å². The fourth-order valence-corrected chi connectivity index (χ4v) is 2.07. The fraction of sp³-hybridized carbons (Fsp3) is 0.0588. The molecule has 2 rings (SSSR count). The highest BCUT2D eigenvalue weighted by Crippen LogP contribution is 2.12. The highest BCUT2D eigenvalue weighted by Gasteiger charge is 2.06. The van der Waals surface area contributed by atoms with Crippen LogP contribution in [0.15, 0.2) is 65.1 Å². The lowest BCUT2D eigenvalue weighted by Gasteiger charge is -2.06. The van der Waals surface area contributed by atoms with E-state index < -0.39 is 0 Å². The molecule has 0 atom stereocenters. The molecule has 0 bridgehead atoms. The van der Waals surface area contributed by atoms with Crippen molar-refractivity contribution >= 4 is 33.3 Å². The van der Waals surface area contributed by atoms with Crippen LogP contribution in [0.1, 0.15) is 22.8 Å². The summed E-state index contributed by atoms with van der Waals surface area (Å²) in [6.45, 7) is 1.84. The third-order valence-corrected chi connectivity index (χ3v) is 3.51. The van der Waals surface area contributed by atoms with Crippen molar-refractivity contribution in [2.24, 2.45) is 0 Å². The second-order valence-electron chi connectivity index (χ2n) is 4.64. The minimum atomic E-state index is -0.383. The first-order chi connectivity index (χ1) is 10.6. The van der Waals surface area contributed by atoms with Crippen LogP contribution in [0.2, 0.25) is 0 Å². The van der Waals surface area contributed by atoms with Gasteiger partial charge in [0.15, 0.2) is 0 Å². The van der Waals surface area contributed by atoms with Gasteiger partial charge in [-0.1, -0.05) is 46.3 Å². The number of carbonyl (C=O) groups is 2. The Labute approximate surface area is 137 Å². The molecular weight excluding hydrogens is 344 g/mol. The molecule has 0 aromatic heterocycles. The molecule has 4 nitrogen and oxygen atoms in total. The van der Waals surface area contributed by atoms with E-state index in [9.17, 15) is 9.59 Å². The molecule has 0 unspecified atom stereocenters. The van der Waals surface area contributed by atoms with Gasteiger partial charge < -0.3 is 0 Å². The zero-order chi connectivity index (χ0) is 15.9. The van der Waals surface area contributed by atoms with Crippen molar-refractivity contribution in [1.82, 2.24) is 10.9 Å². The van der Waals surface area contributed by atoms with Crippen molar-refractivity contribution in [3.8, 4) is 0 Å². The molecule has 0 aliphatic carbocycles. The van der Waals surface area contributed by atoms with Gasteiger partial charge >= 0.3 is 0 Å². The van der Waals surface area contributed by atoms with Crippen LogP contribution in [-0.4, -0.2) is 11.8 Å². The van der Waals surface area contributed by atoms with E-state index in [1.54, 1.807) is 24.3 Å². The van der Waals surface area contributed by atoms with Crippen molar-refractivity contribution in [2.75, 3.05) is 0 Å². The van der Waals surface area contributed by atoms with E-state index in [2.05, 4.69) is 26.8 Å². The highest BCUT2D eigenvalue weighted by atomic mass is 79.9. The second kappa shape index (κ2) is 7.56. The van der Waals surface area contributed by atoms with Gasteiger partial charge in [-0.25, -0.2) is 0 Å². The number of rotatable bonds is 3. The maximum atomic E-state index is 11.9. The van der Waals surface area contributed by atoms with Gasteiger partial charge in [0.25, 0.3) is 11.8 Å². The van der Waals surface area contributed by atoms with Crippen LogP contribution in [0.3, 0.4) is 0 Å². The molecule has 2 N–H and O–H groups in total. The predicted molar refractivity (Wildman–Crippen MR) is 89.8 cm³/mol. The Hall–Kier alpha value is -2.40. The lowest BCUT2D eigenvalue weighted by Crippen LogP contribution is -2.40. The topological polar surface area (TPSA) is 58.2 Å². The molecule has 2 amide bonds. The van der Waals surface area contributed by atoms with Gasteiger partial charge in [0, 0.05) is 16.1 Å². The van der Waals surface area contributed by atoms with E-state index in [0.29, 0.717) is 5.56 Å². The molecule has 0 aliphatic heterocycles. The molecule has 22 heavy (non-hydrogen) atoms. The summed E-state index contributed by atoms with van der Waals surface area (Å²) in [5.74, 6) is -0.751. The van der Waals surface area contributed by atoms with E-state index in [-0.39, 0.29) is 11.8 Å². The minimum Gasteiger partial charge on any atom is -0.268 e. The molecule has 2 aromatic rings. The van der Waals surface area contributed by atoms with Gasteiger partial charge in [-0.2, -0.15) is 0 Å². The summed E-state index contributed by atoms with van der Waals surface area (Å²) in [4.78, 5) is 23.7. The molecule has 0 fully saturated rings. The summed E-state index contributed by atoms with van der Waals surface area (Å²) in [7, 11) is 0. The van der Waals surface area contributed by atoms with Crippen LogP contribution >= 0.6 is 15.9 Å². The normalized spacial score (nSPS) is 10.9. The Balaban J connectivity index is 1.92. The lowest BCUT2D eigenvalue weighted by atomic mass is 10.1. The largest absolute Gasteiger partial charge is 0.269 e. The molecular formula is C17H15BrN2O2. The Morgan fingerprint density at radius 3 is 2.18 bits per heavy atom. The van der Waals surface area contributed by atoms with E-state index in [1.807, 2.05) is 37.3 Å². The number of benzene rings is 2. The number of halogens is 1. The van der Waals surface area contributed by atoms with Gasteiger partial charge in [-0.3, -0.25) is 20.4 Å². The van der Waals surface area contributed by atoms with Crippen molar-refractivity contribution in [2.45, 2.75) is 6.92 Å². The summed E-state index contributed by atoms with van der Waals surface area (Å²) in [5, 5.41) is 0. The van der Waals surface area contributed by atoms with Gasteiger partial charge in [0.05, 0.1) is 0 Å². The van der Waals surface area contributed by atoms with E-state index in [0.717, 1.165) is 15.6 Å². The minimum absolute atomic E-state index is 0.369.